The lowest BCUT2D eigenvalue weighted by atomic mass is 10.1. The molecule has 0 unspecified atom stereocenters. The molecule has 0 amide bonds. The fourth-order valence-electron chi connectivity index (χ4n) is 2.76. The smallest absolute Gasteiger partial charge is 0.261 e. The summed E-state index contributed by atoms with van der Waals surface area (Å²) in [5.74, 6) is -0.108. The molecule has 0 spiro atoms. The van der Waals surface area contributed by atoms with Crippen LogP contribution >= 0.6 is 0 Å². The first kappa shape index (κ1) is 17.6. The first-order valence-corrected chi connectivity index (χ1v) is 9.70. The van der Waals surface area contributed by atoms with Crippen LogP contribution in [0.2, 0.25) is 0 Å². The third kappa shape index (κ3) is 4.46. The highest BCUT2D eigenvalue weighted by atomic mass is 32.2. The van der Waals surface area contributed by atoms with Gasteiger partial charge in [-0.3, -0.25) is 14.2 Å². The molecular formula is C17H21N3O4S. The minimum absolute atomic E-state index is 0.0980. The number of nitrogens with one attached hydrogen (secondary N) is 1. The summed E-state index contributed by atoms with van der Waals surface area (Å²) in [6.07, 6.45) is 6.47. The van der Waals surface area contributed by atoms with Crippen molar-refractivity contribution in [2.24, 2.45) is 0 Å². The van der Waals surface area contributed by atoms with Crippen LogP contribution in [0, 0.1) is 0 Å². The number of carbonyl (C=O) groups is 1. The largest absolute Gasteiger partial charge is 0.376 e. The third-order valence-electron chi connectivity index (χ3n) is 4.12. The quantitative estimate of drug-likeness (QED) is 0.796. The van der Waals surface area contributed by atoms with E-state index in [1.165, 1.54) is 37.4 Å². The maximum Gasteiger partial charge on any atom is 0.261 e. The first-order valence-electron chi connectivity index (χ1n) is 8.22. The summed E-state index contributed by atoms with van der Waals surface area (Å²) in [4.78, 5) is 11.4. The van der Waals surface area contributed by atoms with Crippen LogP contribution in [-0.4, -0.2) is 36.7 Å². The van der Waals surface area contributed by atoms with E-state index in [-0.39, 0.29) is 16.8 Å². The van der Waals surface area contributed by atoms with Gasteiger partial charge >= 0.3 is 0 Å². The average Bonchev–Trinajstić information content (AvgIpc) is 3.02. The molecule has 2 aromatic rings. The highest BCUT2D eigenvalue weighted by Crippen LogP contribution is 2.18. The molecule has 2 heterocycles. The summed E-state index contributed by atoms with van der Waals surface area (Å²) in [5, 5.41) is 4.19. The van der Waals surface area contributed by atoms with E-state index in [0.717, 1.165) is 25.9 Å². The van der Waals surface area contributed by atoms with Gasteiger partial charge in [0, 0.05) is 18.4 Å². The van der Waals surface area contributed by atoms with Crippen molar-refractivity contribution in [3.8, 4) is 0 Å². The Bertz CT molecular complexity index is 837. The third-order valence-corrected chi connectivity index (χ3v) is 5.52. The van der Waals surface area contributed by atoms with Gasteiger partial charge in [0.05, 0.1) is 29.4 Å². The fourth-order valence-corrected chi connectivity index (χ4v) is 3.79. The number of sulfonamides is 1. The second kappa shape index (κ2) is 7.37. The number of rotatable bonds is 6. The minimum atomic E-state index is -3.72. The van der Waals surface area contributed by atoms with Crippen LogP contribution < -0.4 is 4.72 Å². The van der Waals surface area contributed by atoms with Gasteiger partial charge in [-0.05, 0) is 38.3 Å². The fraction of sp³-hybridized carbons (Fsp3) is 0.412. The Labute approximate surface area is 147 Å². The van der Waals surface area contributed by atoms with E-state index in [1.54, 1.807) is 10.9 Å². The number of carbonyl (C=O) groups excluding carboxylic acids is 1. The minimum Gasteiger partial charge on any atom is -0.376 e. The first-order chi connectivity index (χ1) is 11.9. The number of benzene rings is 1. The van der Waals surface area contributed by atoms with Crippen LogP contribution in [-0.2, 0) is 21.3 Å². The Hall–Kier alpha value is -2.19. The lowest BCUT2D eigenvalue weighted by Gasteiger charge is -2.22. The second-order valence-corrected chi connectivity index (χ2v) is 7.81. The number of ketones is 1. The van der Waals surface area contributed by atoms with Crippen molar-refractivity contribution in [3.05, 3.63) is 42.2 Å². The monoisotopic (exact) mass is 363 g/mol. The van der Waals surface area contributed by atoms with E-state index in [9.17, 15) is 13.2 Å². The van der Waals surface area contributed by atoms with Gasteiger partial charge in [-0.25, -0.2) is 8.42 Å². The van der Waals surface area contributed by atoms with Gasteiger partial charge < -0.3 is 4.74 Å². The summed E-state index contributed by atoms with van der Waals surface area (Å²) >= 11 is 0. The molecule has 1 aliphatic rings. The van der Waals surface area contributed by atoms with Gasteiger partial charge in [0.25, 0.3) is 10.0 Å². The van der Waals surface area contributed by atoms with Gasteiger partial charge in [0.2, 0.25) is 0 Å². The Kier molecular flexibility index (Phi) is 5.19. The van der Waals surface area contributed by atoms with Crippen LogP contribution in [0.5, 0.6) is 0 Å². The van der Waals surface area contributed by atoms with Gasteiger partial charge in [0.15, 0.2) is 5.78 Å². The van der Waals surface area contributed by atoms with E-state index in [0.29, 0.717) is 17.8 Å². The second-order valence-electron chi connectivity index (χ2n) is 6.13. The van der Waals surface area contributed by atoms with Crippen molar-refractivity contribution in [1.29, 1.82) is 0 Å². The molecule has 25 heavy (non-hydrogen) atoms. The highest BCUT2D eigenvalue weighted by Gasteiger charge is 2.18. The van der Waals surface area contributed by atoms with Gasteiger partial charge in [-0.15, -0.1) is 0 Å². The lowest BCUT2D eigenvalue weighted by molar-refractivity contribution is 0.00400. The van der Waals surface area contributed by atoms with Crippen LogP contribution in [0.15, 0.2) is 41.6 Å². The molecular weight excluding hydrogens is 342 g/mol. The Balaban J connectivity index is 1.67. The maximum atomic E-state index is 12.4. The standard InChI is InChI=1S/C17H21N3O4S/c1-13(21)14-5-7-17(8-6-14)25(22,23)19-15-10-18-20(11-15)12-16-4-2-3-9-24-16/h5-8,10-11,16,19H,2-4,9,12H2,1H3/t16-/m0/s1. The van der Waals surface area contributed by atoms with E-state index in [4.69, 9.17) is 4.74 Å². The Morgan fingerprint density at radius 1 is 1.32 bits per heavy atom. The van der Waals surface area contributed by atoms with Crippen LogP contribution in [0.3, 0.4) is 0 Å². The topological polar surface area (TPSA) is 90.3 Å². The van der Waals surface area contributed by atoms with Crippen molar-refractivity contribution < 1.29 is 17.9 Å². The predicted molar refractivity (Wildman–Crippen MR) is 93.1 cm³/mol. The molecule has 1 aromatic heterocycles. The number of Topliss-reactive ketones (excluding diaryl/α,β-unsaturated/α-hetero) is 1. The number of hydrogen-bond acceptors (Lipinski definition) is 5. The predicted octanol–water partition coefficient (Wildman–Crippen LogP) is 2.46. The normalized spacial score (nSPS) is 18.0. The van der Waals surface area contributed by atoms with Crippen LogP contribution in [0.4, 0.5) is 5.69 Å². The van der Waals surface area contributed by atoms with Crippen molar-refractivity contribution >= 4 is 21.5 Å². The van der Waals surface area contributed by atoms with E-state index in [2.05, 4.69) is 9.82 Å². The molecule has 1 fully saturated rings. The van der Waals surface area contributed by atoms with E-state index < -0.39 is 10.0 Å². The number of nitrogens with zero attached hydrogens (tertiary/aromatic N) is 2. The maximum absolute atomic E-state index is 12.4. The van der Waals surface area contributed by atoms with E-state index >= 15 is 0 Å². The lowest BCUT2D eigenvalue weighted by Crippen LogP contribution is -2.24. The highest BCUT2D eigenvalue weighted by molar-refractivity contribution is 7.92. The number of ether oxygens (including phenoxy) is 1. The molecule has 7 nitrogen and oxygen atoms in total. The average molecular weight is 363 g/mol. The van der Waals surface area contributed by atoms with Crippen molar-refractivity contribution in [2.75, 3.05) is 11.3 Å². The molecule has 1 aromatic carbocycles. The zero-order chi connectivity index (χ0) is 17.9. The zero-order valence-electron chi connectivity index (χ0n) is 14.0. The van der Waals surface area contributed by atoms with Crippen molar-refractivity contribution in [1.82, 2.24) is 9.78 Å². The molecule has 1 aliphatic heterocycles. The van der Waals surface area contributed by atoms with Gasteiger partial charge in [-0.2, -0.15) is 5.10 Å². The summed E-state index contributed by atoms with van der Waals surface area (Å²) in [5.41, 5.74) is 0.866. The van der Waals surface area contributed by atoms with Crippen LogP contribution in [0.1, 0.15) is 36.5 Å². The molecule has 0 saturated carbocycles. The molecule has 3 rings (SSSR count). The molecule has 0 radical (unpaired) electrons. The van der Waals surface area contributed by atoms with Gasteiger partial charge in [0.1, 0.15) is 0 Å². The zero-order valence-corrected chi connectivity index (χ0v) is 14.8. The molecule has 1 atom stereocenters. The summed E-state index contributed by atoms with van der Waals surface area (Å²) in [6, 6.07) is 5.83. The molecule has 134 valence electrons. The number of hydrogen-bond donors (Lipinski definition) is 1. The molecule has 1 saturated heterocycles. The Morgan fingerprint density at radius 3 is 2.72 bits per heavy atom. The molecule has 0 aliphatic carbocycles. The number of anilines is 1. The van der Waals surface area contributed by atoms with Crippen molar-refractivity contribution in [3.63, 3.8) is 0 Å². The molecule has 1 N–H and O–H groups in total. The molecule has 0 bridgehead atoms. The van der Waals surface area contributed by atoms with Crippen molar-refractivity contribution in [2.45, 2.75) is 43.7 Å². The number of aromatic nitrogens is 2. The van der Waals surface area contributed by atoms with Crippen LogP contribution in [0.25, 0.3) is 0 Å². The van der Waals surface area contributed by atoms with Gasteiger partial charge in [-0.1, -0.05) is 12.1 Å². The Morgan fingerprint density at radius 2 is 2.08 bits per heavy atom. The summed E-state index contributed by atoms with van der Waals surface area (Å²) < 4.78 is 34.7. The summed E-state index contributed by atoms with van der Waals surface area (Å²) in [7, 11) is -3.72. The SMILES string of the molecule is CC(=O)c1ccc(S(=O)(=O)Nc2cnn(C[C@@H]3CCCCO3)c2)cc1. The summed E-state index contributed by atoms with van der Waals surface area (Å²) in [6.45, 7) is 2.81. The van der Waals surface area contributed by atoms with E-state index in [1.807, 2.05) is 0 Å². The molecule has 8 heteroatoms.